The van der Waals surface area contributed by atoms with E-state index in [2.05, 4.69) is 0 Å². The first kappa shape index (κ1) is 11.9. The molecule has 0 bridgehead atoms. The molecule has 2 aromatic heterocycles. The number of thiophene rings is 2. The lowest BCUT2D eigenvalue weighted by molar-refractivity contribution is 0.00724. The summed E-state index contributed by atoms with van der Waals surface area (Å²) in [5.74, 6) is -0.306. The zero-order valence-electron chi connectivity index (χ0n) is 9.17. The van der Waals surface area contributed by atoms with E-state index in [4.69, 9.17) is 16.3 Å². The summed E-state index contributed by atoms with van der Waals surface area (Å²) in [6.07, 6.45) is 0. The minimum Gasteiger partial charge on any atom is -0.456 e. The normalized spacial score (nSPS) is 12.0. The summed E-state index contributed by atoms with van der Waals surface area (Å²) in [6.45, 7) is 5.55. The Balaban J connectivity index is 2.40. The Labute approximate surface area is 107 Å². The molecule has 0 aliphatic rings. The van der Waals surface area contributed by atoms with Crippen molar-refractivity contribution in [1.29, 1.82) is 0 Å². The number of carbonyl (C=O) groups is 1. The van der Waals surface area contributed by atoms with Crippen molar-refractivity contribution in [2.45, 2.75) is 26.4 Å². The predicted molar refractivity (Wildman–Crippen MR) is 69.9 cm³/mol. The van der Waals surface area contributed by atoms with Crippen LogP contribution in [0.3, 0.4) is 0 Å². The van der Waals surface area contributed by atoms with Gasteiger partial charge in [0.15, 0.2) is 0 Å². The fourth-order valence-corrected chi connectivity index (χ4v) is 3.70. The second kappa shape index (κ2) is 4.02. The van der Waals surface area contributed by atoms with Crippen molar-refractivity contribution >= 4 is 49.6 Å². The Kier molecular flexibility index (Phi) is 2.99. The lowest BCUT2D eigenvalue weighted by Crippen LogP contribution is -2.23. The van der Waals surface area contributed by atoms with Crippen molar-refractivity contribution in [3.8, 4) is 0 Å². The maximum atomic E-state index is 11.9. The molecule has 5 heteroatoms. The Hall–Kier alpha value is -0.580. The average molecular weight is 275 g/mol. The van der Waals surface area contributed by atoms with Gasteiger partial charge in [0.2, 0.25) is 0 Å². The first-order valence-electron chi connectivity index (χ1n) is 4.76. The zero-order valence-corrected chi connectivity index (χ0v) is 11.6. The third kappa shape index (κ3) is 2.24. The van der Waals surface area contributed by atoms with Gasteiger partial charge in [0.25, 0.3) is 0 Å². The van der Waals surface area contributed by atoms with Gasteiger partial charge in [0.1, 0.15) is 5.60 Å². The van der Waals surface area contributed by atoms with Gasteiger partial charge < -0.3 is 4.74 Å². The van der Waals surface area contributed by atoms with E-state index in [1.165, 1.54) is 11.3 Å². The molecule has 0 unspecified atom stereocenters. The highest BCUT2D eigenvalue weighted by Gasteiger charge is 2.22. The SMILES string of the molecule is CC(C)(C)OC(=O)c1csc2scc(Cl)c12. The van der Waals surface area contributed by atoms with Crippen LogP contribution in [0.4, 0.5) is 0 Å². The molecule has 0 spiro atoms. The van der Waals surface area contributed by atoms with Gasteiger partial charge in [-0.15, -0.1) is 22.7 Å². The molecule has 2 rings (SSSR count). The first-order valence-corrected chi connectivity index (χ1v) is 6.90. The summed E-state index contributed by atoms with van der Waals surface area (Å²) in [7, 11) is 0. The molecule has 2 aromatic rings. The zero-order chi connectivity index (χ0) is 11.9. The lowest BCUT2D eigenvalue weighted by atomic mass is 10.2. The molecule has 0 aliphatic heterocycles. The van der Waals surface area contributed by atoms with Crippen LogP contribution in [0.15, 0.2) is 10.8 Å². The van der Waals surface area contributed by atoms with E-state index in [9.17, 15) is 4.79 Å². The van der Waals surface area contributed by atoms with Crippen molar-refractivity contribution in [3.05, 3.63) is 21.3 Å². The van der Waals surface area contributed by atoms with Crippen molar-refractivity contribution < 1.29 is 9.53 Å². The highest BCUT2D eigenvalue weighted by molar-refractivity contribution is 7.37. The summed E-state index contributed by atoms with van der Waals surface area (Å²) in [4.78, 5) is 11.9. The summed E-state index contributed by atoms with van der Waals surface area (Å²) in [5, 5.41) is 5.10. The van der Waals surface area contributed by atoms with Crippen LogP contribution in [-0.2, 0) is 4.74 Å². The topological polar surface area (TPSA) is 26.3 Å². The highest BCUT2D eigenvalue weighted by Crippen LogP contribution is 2.38. The Morgan fingerprint density at radius 1 is 1.31 bits per heavy atom. The number of hydrogen-bond acceptors (Lipinski definition) is 4. The van der Waals surface area contributed by atoms with Crippen LogP contribution in [0.1, 0.15) is 31.1 Å². The Morgan fingerprint density at radius 2 is 1.94 bits per heavy atom. The van der Waals surface area contributed by atoms with E-state index in [0.717, 1.165) is 9.40 Å². The maximum absolute atomic E-state index is 11.9. The Morgan fingerprint density at radius 3 is 2.56 bits per heavy atom. The van der Waals surface area contributed by atoms with Crippen molar-refractivity contribution in [2.24, 2.45) is 0 Å². The number of ether oxygens (including phenoxy) is 1. The molecule has 0 amide bonds. The molecule has 16 heavy (non-hydrogen) atoms. The molecule has 0 fully saturated rings. The molecule has 2 heterocycles. The molecule has 86 valence electrons. The number of rotatable bonds is 1. The number of esters is 1. The van der Waals surface area contributed by atoms with E-state index in [0.29, 0.717) is 10.6 Å². The number of hydrogen-bond donors (Lipinski definition) is 0. The van der Waals surface area contributed by atoms with Gasteiger partial charge in [-0.05, 0) is 20.8 Å². The van der Waals surface area contributed by atoms with Crippen LogP contribution in [0.2, 0.25) is 5.02 Å². The quantitative estimate of drug-likeness (QED) is 0.712. The van der Waals surface area contributed by atoms with E-state index in [1.807, 2.05) is 26.2 Å². The predicted octanol–water partition coefficient (Wildman–Crippen LogP) is 4.57. The van der Waals surface area contributed by atoms with Gasteiger partial charge in [0.05, 0.1) is 14.6 Å². The monoisotopic (exact) mass is 274 g/mol. The van der Waals surface area contributed by atoms with Gasteiger partial charge >= 0.3 is 5.97 Å². The second-order valence-corrected chi connectivity index (χ2v) is 6.82. The van der Waals surface area contributed by atoms with Gasteiger partial charge in [0, 0.05) is 16.1 Å². The lowest BCUT2D eigenvalue weighted by Gasteiger charge is -2.19. The standard InChI is InChI=1S/C11H11ClO2S2/c1-11(2,3)14-9(13)6-4-15-10-8(6)7(12)5-16-10/h4-5H,1-3H3. The third-order valence-corrected chi connectivity index (χ3v) is 4.43. The summed E-state index contributed by atoms with van der Waals surface area (Å²) in [6, 6.07) is 0. The molecule has 0 saturated heterocycles. The fraction of sp³-hybridized carbons (Fsp3) is 0.364. The van der Waals surface area contributed by atoms with E-state index < -0.39 is 5.60 Å². The summed E-state index contributed by atoms with van der Waals surface area (Å²) < 4.78 is 6.39. The van der Waals surface area contributed by atoms with Gasteiger partial charge in [-0.1, -0.05) is 11.6 Å². The smallest absolute Gasteiger partial charge is 0.340 e. The molecule has 0 atom stereocenters. The van der Waals surface area contributed by atoms with Crippen molar-refractivity contribution in [1.82, 2.24) is 0 Å². The molecule has 0 aromatic carbocycles. The Bertz CT molecular complexity index is 534. The molecule has 2 nitrogen and oxygen atoms in total. The largest absolute Gasteiger partial charge is 0.456 e. The van der Waals surface area contributed by atoms with Gasteiger partial charge in [-0.3, -0.25) is 0 Å². The van der Waals surface area contributed by atoms with E-state index in [-0.39, 0.29) is 5.97 Å². The summed E-state index contributed by atoms with van der Waals surface area (Å²) >= 11 is 9.12. The van der Waals surface area contributed by atoms with Crippen molar-refractivity contribution in [3.63, 3.8) is 0 Å². The van der Waals surface area contributed by atoms with Crippen LogP contribution in [-0.4, -0.2) is 11.6 Å². The maximum Gasteiger partial charge on any atom is 0.340 e. The van der Waals surface area contributed by atoms with Crippen LogP contribution in [0, 0.1) is 0 Å². The van der Waals surface area contributed by atoms with Crippen LogP contribution >= 0.6 is 34.3 Å². The number of fused-ring (bicyclic) bond motifs is 1. The average Bonchev–Trinajstić information content (AvgIpc) is 2.66. The minimum atomic E-state index is -0.478. The van der Waals surface area contributed by atoms with Crippen LogP contribution in [0.25, 0.3) is 9.40 Å². The molecular formula is C11H11ClO2S2. The van der Waals surface area contributed by atoms with Crippen molar-refractivity contribution in [2.75, 3.05) is 0 Å². The fourth-order valence-electron chi connectivity index (χ4n) is 1.30. The summed E-state index contributed by atoms with van der Waals surface area (Å²) in [5.41, 5.74) is 0.0922. The first-order chi connectivity index (χ1) is 7.38. The van der Waals surface area contributed by atoms with Crippen LogP contribution < -0.4 is 0 Å². The number of halogens is 1. The molecular weight excluding hydrogens is 264 g/mol. The second-order valence-electron chi connectivity index (χ2n) is 4.40. The number of carbonyl (C=O) groups excluding carboxylic acids is 1. The van der Waals surface area contributed by atoms with Crippen LogP contribution in [0.5, 0.6) is 0 Å². The van der Waals surface area contributed by atoms with E-state index in [1.54, 1.807) is 16.7 Å². The third-order valence-electron chi connectivity index (χ3n) is 1.88. The van der Waals surface area contributed by atoms with Gasteiger partial charge in [-0.2, -0.15) is 0 Å². The molecule has 0 N–H and O–H groups in total. The highest BCUT2D eigenvalue weighted by atomic mass is 35.5. The van der Waals surface area contributed by atoms with Gasteiger partial charge in [-0.25, -0.2) is 4.79 Å². The molecule has 0 aliphatic carbocycles. The molecule has 0 saturated carbocycles. The molecule has 0 radical (unpaired) electrons. The van der Waals surface area contributed by atoms with E-state index >= 15 is 0 Å². The minimum absolute atomic E-state index is 0.306.